The number of nitrogens with one attached hydrogen (secondary N) is 1. The molecule has 0 atom stereocenters. The van der Waals surface area contributed by atoms with Gasteiger partial charge in [0.25, 0.3) is 0 Å². The smallest absolute Gasteiger partial charge is 0.325 e. The molecule has 1 aromatic heterocycles. The monoisotopic (exact) mass is 432 g/mol. The van der Waals surface area contributed by atoms with E-state index in [2.05, 4.69) is 5.32 Å². The molecule has 3 rings (SSSR count). The third-order valence-corrected chi connectivity index (χ3v) is 6.13. The zero-order valence-corrected chi connectivity index (χ0v) is 17.1. The Kier molecular flexibility index (Phi) is 6.51. The Labute approximate surface area is 173 Å². The first-order valence-corrected chi connectivity index (χ1v) is 10.9. The number of ether oxygens (including phenoxy) is 1. The van der Waals surface area contributed by atoms with E-state index in [9.17, 15) is 22.4 Å². The fourth-order valence-corrected chi connectivity index (χ4v) is 4.68. The number of aromatic nitrogens is 1. The van der Waals surface area contributed by atoms with E-state index in [0.29, 0.717) is 10.9 Å². The van der Waals surface area contributed by atoms with Crippen LogP contribution >= 0.6 is 0 Å². The number of carbonyl (C=O) groups excluding carboxylic acids is 2. The van der Waals surface area contributed by atoms with Crippen molar-refractivity contribution >= 4 is 32.6 Å². The molecule has 0 radical (unpaired) electrons. The van der Waals surface area contributed by atoms with E-state index in [0.717, 1.165) is 0 Å². The minimum Gasteiger partial charge on any atom is -0.465 e. The first-order chi connectivity index (χ1) is 14.3. The molecule has 0 spiro atoms. The highest BCUT2D eigenvalue weighted by Crippen LogP contribution is 2.28. The number of halogens is 1. The van der Waals surface area contributed by atoms with E-state index < -0.39 is 33.3 Å². The van der Waals surface area contributed by atoms with Gasteiger partial charge in [0.05, 0.1) is 17.3 Å². The molecule has 0 aliphatic carbocycles. The van der Waals surface area contributed by atoms with Crippen molar-refractivity contribution in [1.82, 2.24) is 9.88 Å². The number of hydrogen-bond acceptors (Lipinski definition) is 5. The molecular weight excluding hydrogens is 411 g/mol. The molecule has 7 nitrogen and oxygen atoms in total. The maximum absolute atomic E-state index is 14.0. The van der Waals surface area contributed by atoms with E-state index >= 15 is 0 Å². The van der Waals surface area contributed by atoms with Crippen LogP contribution in [0, 0.1) is 5.82 Å². The maximum Gasteiger partial charge on any atom is 0.325 e. The summed E-state index contributed by atoms with van der Waals surface area (Å²) in [6, 6.07) is 12.4. The van der Waals surface area contributed by atoms with Crippen LogP contribution in [0.4, 0.5) is 4.39 Å². The SMILES string of the molecule is CCOC(=O)CNC(=O)Cn1cc(S(=O)(=O)Cc2ccccc2F)c2ccccc21. The number of rotatable bonds is 8. The minimum absolute atomic E-state index is 0.0135. The summed E-state index contributed by atoms with van der Waals surface area (Å²) < 4.78 is 46.2. The number of amides is 1. The Balaban J connectivity index is 1.88. The van der Waals surface area contributed by atoms with Gasteiger partial charge in [-0.3, -0.25) is 9.59 Å². The summed E-state index contributed by atoms with van der Waals surface area (Å²) in [5, 5.41) is 2.88. The van der Waals surface area contributed by atoms with Crippen molar-refractivity contribution in [1.29, 1.82) is 0 Å². The van der Waals surface area contributed by atoms with Gasteiger partial charge in [-0.2, -0.15) is 0 Å². The number of benzene rings is 2. The second-order valence-electron chi connectivity index (χ2n) is 6.57. The fraction of sp³-hybridized carbons (Fsp3) is 0.238. The summed E-state index contributed by atoms with van der Waals surface area (Å²) in [6.45, 7) is 1.41. The third-order valence-electron chi connectivity index (χ3n) is 4.44. The second kappa shape index (κ2) is 9.08. The van der Waals surface area contributed by atoms with Crippen LogP contribution in [0.1, 0.15) is 12.5 Å². The lowest BCUT2D eigenvalue weighted by Gasteiger charge is -2.07. The average molecular weight is 432 g/mol. The van der Waals surface area contributed by atoms with E-state index in [4.69, 9.17) is 4.74 Å². The summed E-state index contributed by atoms with van der Waals surface area (Å²) in [6.07, 6.45) is 1.37. The van der Waals surface area contributed by atoms with Gasteiger partial charge < -0.3 is 14.6 Å². The Morgan fingerprint density at radius 2 is 1.80 bits per heavy atom. The molecule has 0 bridgehead atoms. The zero-order chi connectivity index (χ0) is 21.7. The zero-order valence-electron chi connectivity index (χ0n) is 16.3. The predicted molar refractivity (Wildman–Crippen MR) is 109 cm³/mol. The topological polar surface area (TPSA) is 94.5 Å². The quantitative estimate of drug-likeness (QED) is 0.552. The van der Waals surface area contributed by atoms with Gasteiger partial charge in [-0.1, -0.05) is 36.4 Å². The number of carbonyl (C=O) groups is 2. The van der Waals surface area contributed by atoms with Gasteiger partial charge >= 0.3 is 5.97 Å². The molecule has 30 heavy (non-hydrogen) atoms. The molecule has 158 valence electrons. The first-order valence-electron chi connectivity index (χ1n) is 9.28. The maximum atomic E-state index is 14.0. The summed E-state index contributed by atoms with van der Waals surface area (Å²) in [7, 11) is -3.88. The number of nitrogens with zero attached hydrogens (tertiary/aromatic N) is 1. The van der Waals surface area contributed by atoms with Gasteiger partial charge in [0.1, 0.15) is 18.9 Å². The van der Waals surface area contributed by atoms with E-state index in [1.54, 1.807) is 37.3 Å². The van der Waals surface area contributed by atoms with Crippen molar-refractivity contribution < 1.29 is 27.1 Å². The lowest BCUT2D eigenvalue weighted by Crippen LogP contribution is -2.33. The van der Waals surface area contributed by atoms with Gasteiger partial charge in [-0.25, -0.2) is 12.8 Å². The first kappa shape index (κ1) is 21.5. The van der Waals surface area contributed by atoms with Crippen LogP contribution in [0.2, 0.25) is 0 Å². The minimum atomic E-state index is -3.88. The fourth-order valence-electron chi connectivity index (χ4n) is 3.08. The van der Waals surface area contributed by atoms with Crippen LogP contribution < -0.4 is 5.32 Å². The Morgan fingerprint density at radius 3 is 2.53 bits per heavy atom. The Bertz CT molecular complexity index is 1190. The van der Waals surface area contributed by atoms with Gasteiger partial charge in [0, 0.05) is 22.7 Å². The van der Waals surface area contributed by atoms with Crippen molar-refractivity contribution in [2.75, 3.05) is 13.2 Å². The summed E-state index contributed by atoms with van der Waals surface area (Å²) in [5.74, 6) is -2.12. The highest BCUT2D eigenvalue weighted by atomic mass is 32.2. The highest BCUT2D eigenvalue weighted by molar-refractivity contribution is 7.90. The Hall–Kier alpha value is -3.20. The van der Waals surface area contributed by atoms with Gasteiger partial charge in [-0.05, 0) is 19.1 Å². The molecule has 0 aliphatic rings. The number of para-hydroxylation sites is 1. The van der Waals surface area contributed by atoms with Crippen molar-refractivity contribution in [3.05, 3.63) is 66.1 Å². The lowest BCUT2D eigenvalue weighted by atomic mass is 10.2. The number of fused-ring (bicyclic) bond motifs is 1. The van der Waals surface area contributed by atoms with Gasteiger partial charge in [0.15, 0.2) is 9.84 Å². The summed E-state index contributed by atoms with van der Waals surface area (Å²) in [4.78, 5) is 23.6. The number of sulfone groups is 1. The molecule has 1 N–H and O–H groups in total. The largest absolute Gasteiger partial charge is 0.465 e. The van der Waals surface area contributed by atoms with Crippen LogP contribution in [-0.4, -0.2) is 38.0 Å². The van der Waals surface area contributed by atoms with Crippen molar-refractivity contribution in [3.63, 3.8) is 0 Å². The number of esters is 1. The average Bonchev–Trinajstić information content (AvgIpc) is 3.08. The summed E-state index contributed by atoms with van der Waals surface area (Å²) >= 11 is 0. The van der Waals surface area contributed by atoms with Crippen molar-refractivity contribution in [3.8, 4) is 0 Å². The summed E-state index contributed by atoms with van der Waals surface area (Å²) in [5.41, 5.74) is 0.609. The van der Waals surface area contributed by atoms with Crippen LogP contribution in [-0.2, 0) is 36.5 Å². The molecule has 1 heterocycles. The molecule has 1 amide bonds. The Morgan fingerprint density at radius 1 is 1.10 bits per heavy atom. The van der Waals surface area contributed by atoms with E-state index in [1.807, 2.05) is 0 Å². The van der Waals surface area contributed by atoms with Crippen LogP contribution in [0.5, 0.6) is 0 Å². The molecule has 0 unspecified atom stereocenters. The highest BCUT2D eigenvalue weighted by Gasteiger charge is 2.23. The molecule has 0 fully saturated rings. The molecule has 0 saturated carbocycles. The normalized spacial score (nSPS) is 11.4. The predicted octanol–water partition coefficient (Wildman–Crippen LogP) is 2.43. The molecule has 0 aliphatic heterocycles. The molecule has 0 saturated heterocycles. The standard InChI is InChI=1S/C21H21FN2O5S/c1-2-29-21(26)11-23-20(25)13-24-12-19(16-8-4-6-10-18(16)24)30(27,28)14-15-7-3-5-9-17(15)22/h3-10,12H,2,11,13-14H2,1H3,(H,23,25). The third kappa shape index (κ3) is 4.85. The molecular formula is C21H21FN2O5S. The van der Waals surface area contributed by atoms with E-state index in [-0.39, 0.29) is 30.2 Å². The molecule has 9 heteroatoms. The van der Waals surface area contributed by atoms with Crippen molar-refractivity contribution in [2.45, 2.75) is 24.1 Å². The van der Waals surface area contributed by atoms with Gasteiger partial charge in [0.2, 0.25) is 5.91 Å². The van der Waals surface area contributed by atoms with Crippen LogP contribution in [0.3, 0.4) is 0 Å². The second-order valence-corrected chi connectivity index (χ2v) is 8.53. The number of hydrogen-bond donors (Lipinski definition) is 1. The van der Waals surface area contributed by atoms with Crippen LogP contribution in [0.15, 0.2) is 59.6 Å². The molecule has 3 aromatic rings. The van der Waals surface area contributed by atoms with Crippen molar-refractivity contribution in [2.24, 2.45) is 0 Å². The van der Waals surface area contributed by atoms with Gasteiger partial charge in [-0.15, -0.1) is 0 Å². The lowest BCUT2D eigenvalue weighted by molar-refractivity contribution is -0.143. The van der Waals surface area contributed by atoms with Crippen LogP contribution in [0.25, 0.3) is 10.9 Å². The molecule has 2 aromatic carbocycles. The van der Waals surface area contributed by atoms with E-state index in [1.165, 1.54) is 29.0 Å².